The Balaban J connectivity index is 1.49. The zero-order chi connectivity index (χ0) is 23.5. The number of hydrogen-bond acceptors (Lipinski definition) is 4. The third-order valence-electron chi connectivity index (χ3n) is 6.94. The summed E-state index contributed by atoms with van der Waals surface area (Å²) in [6.07, 6.45) is 7.82. The molecule has 0 aliphatic heterocycles. The summed E-state index contributed by atoms with van der Waals surface area (Å²) in [5.74, 6) is 0.292. The van der Waals surface area contributed by atoms with Crippen LogP contribution in [-0.2, 0) is 0 Å². The van der Waals surface area contributed by atoms with E-state index in [2.05, 4.69) is 27.8 Å². The van der Waals surface area contributed by atoms with E-state index in [0.29, 0.717) is 17.0 Å². The molecule has 6 heteroatoms. The molecule has 2 aromatic carbocycles. The van der Waals surface area contributed by atoms with Crippen LogP contribution in [0, 0.1) is 5.92 Å². The minimum atomic E-state index is -0.148. The second kappa shape index (κ2) is 10.3. The van der Waals surface area contributed by atoms with E-state index >= 15 is 0 Å². The number of rotatable bonds is 6. The van der Waals surface area contributed by atoms with Crippen molar-refractivity contribution < 1.29 is 4.79 Å². The fourth-order valence-electron chi connectivity index (χ4n) is 5.04. The van der Waals surface area contributed by atoms with Crippen molar-refractivity contribution in [1.29, 1.82) is 0 Å². The molecule has 1 unspecified atom stereocenters. The molecule has 0 saturated heterocycles. The number of thiophene rings is 1. The van der Waals surface area contributed by atoms with Crippen molar-refractivity contribution in [3.05, 3.63) is 88.5 Å². The van der Waals surface area contributed by atoms with Crippen molar-refractivity contribution in [2.45, 2.75) is 37.8 Å². The van der Waals surface area contributed by atoms with E-state index in [1.54, 1.807) is 12.4 Å². The molecule has 1 aliphatic rings. The predicted octanol–water partition coefficient (Wildman–Crippen LogP) is 6.87. The van der Waals surface area contributed by atoms with Crippen molar-refractivity contribution in [3.8, 4) is 11.1 Å². The van der Waals surface area contributed by atoms with Gasteiger partial charge in [-0.3, -0.25) is 9.78 Å². The molecule has 2 N–H and O–H groups in total. The van der Waals surface area contributed by atoms with Gasteiger partial charge in [0.2, 0.25) is 0 Å². The van der Waals surface area contributed by atoms with Crippen LogP contribution < -0.4 is 10.6 Å². The molecule has 174 valence electrons. The van der Waals surface area contributed by atoms with Crippen LogP contribution in [0.3, 0.4) is 0 Å². The average Bonchev–Trinajstić information content (AvgIpc) is 3.33. The highest BCUT2D eigenvalue weighted by Crippen LogP contribution is 2.41. The second-order valence-corrected chi connectivity index (χ2v) is 10.4. The summed E-state index contributed by atoms with van der Waals surface area (Å²) in [7, 11) is 2.03. The molecule has 0 spiro atoms. The van der Waals surface area contributed by atoms with Gasteiger partial charge in [-0.15, -0.1) is 11.3 Å². The number of carbonyl (C=O) groups is 1. The smallest absolute Gasteiger partial charge is 0.261 e. The summed E-state index contributed by atoms with van der Waals surface area (Å²) in [6, 6.07) is 20.6. The molecule has 0 radical (unpaired) electrons. The first-order chi connectivity index (χ1) is 16.6. The normalized spacial score (nSPS) is 19.1. The van der Waals surface area contributed by atoms with Gasteiger partial charge < -0.3 is 10.6 Å². The first-order valence-electron chi connectivity index (χ1n) is 11.8. The first-order valence-corrected chi connectivity index (χ1v) is 13.0. The summed E-state index contributed by atoms with van der Waals surface area (Å²) < 4.78 is 1.12. The number of nitrogens with one attached hydrogen (secondary N) is 2. The number of amides is 1. The van der Waals surface area contributed by atoms with Crippen LogP contribution in [0.4, 0.5) is 0 Å². The molecule has 0 bridgehead atoms. The molecule has 4 nitrogen and oxygen atoms in total. The number of pyridine rings is 1. The molecule has 1 saturated carbocycles. The summed E-state index contributed by atoms with van der Waals surface area (Å²) in [6.45, 7) is 0. The molecule has 5 rings (SSSR count). The molecular formula is C28H28ClN3OS. The van der Waals surface area contributed by atoms with Gasteiger partial charge in [0.05, 0.1) is 15.9 Å². The van der Waals surface area contributed by atoms with E-state index in [0.717, 1.165) is 57.3 Å². The lowest BCUT2D eigenvalue weighted by molar-refractivity contribution is 0.0914. The maximum Gasteiger partial charge on any atom is 0.261 e. The SMILES string of the molecule is CNC1CCC(C(NC(=O)c2cc3ccccc3s2)c2cccc(-c3ccncc3)c2Cl)CC1. The van der Waals surface area contributed by atoms with Gasteiger partial charge in [-0.25, -0.2) is 0 Å². The Kier molecular flexibility index (Phi) is 6.95. The zero-order valence-electron chi connectivity index (χ0n) is 19.1. The second-order valence-electron chi connectivity index (χ2n) is 8.94. The lowest BCUT2D eigenvalue weighted by Crippen LogP contribution is -2.38. The quantitative estimate of drug-likeness (QED) is 0.311. The van der Waals surface area contributed by atoms with Gasteiger partial charge in [-0.05, 0) is 79.4 Å². The number of fused-ring (bicyclic) bond motifs is 1. The van der Waals surface area contributed by atoms with Gasteiger partial charge in [0, 0.05) is 28.7 Å². The number of carbonyl (C=O) groups excluding carboxylic acids is 1. The van der Waals surface area contributed by atoms with Crippen molar-refractivity contribution in [3.63, 3.8) is 0 Å². The Bertz CT molecular complexity index is 1250. The minimum absolute atomic E-state index is 0.0349. The molecule has 4 aromatic rings. The standard InChI is InChI=1S/C28H28ClN3OS/c1-30-21-11-9-19(10-12-21)27(32-28(33)25-17-20-5-2-3-8-24(20)34-25)23-7-4-6-22(26(23)29)18-13-15-31-16-14-18/h2-8,13-17,19,21,27,30H,9-12H2,1H3,(H,32,33). The maximum absolute atomic E-state index is 13.5. The number of aromatic nitrogens is 1. The fourth-order valence-corrected chi connectivity index (χ4v) is 6.36. The number of nitrogens with zero attached hydrogens (tertiary/aromatic N) is 1. The molecule has 1 fully saturated rings. The summed E-state index contributed by atoms with van der Waals surface area (Å²) in [5.41, 5.74) is 2.97. The van der Waals surface area contributed by atoms with Crippen molar-refractivity contribution in [2.24, 2.45) is 5.92 Å². The lowest BCUT2D eigenvalue weighted by atomic mass is 9.78. The zero-order valence-corrected chi connectivity index (χ0v) is 20.7. The van der Waals surface area contributed by atoms with Gasteiger partial charge in [0.15, 0.2) is 0 Å². The van der Waals surface area contributed by atoms with Crippen LogP contribution >= 0.6 is 22.9 Å². The highest BCUT2D eigenvalue weighted by molar-refractivity contribution is 7.20. The molecule has 1 atom stereocenters. The lowest BCUT2D eigenvalue weighted by Gasteiger charge is -2.35. The van der Waals surface area contributed by atoms with Crippen LogP contribution in [0.5, 0.6) is 0 Å². The minimum Gasteiger partial charge on any atom is -0.344 e. The van der Waals surface area contributed by atoms with Crippen LogP contribution in [-0.4, -0.2) is 24.0 Å². The predicted molar refractivity (Wildman–Crippen MR) is 142 cm³/mol. The molecule has 1 aliphatic carbocycles. The number of benzene rings is 2. The summed E-state index contributed by atoms with van der Waals surface area (Å²) in [4.78, 5) is 18.3. The van der Waals surface area contributed by atoms with Crippen molar-refractivity contribution >= 4 is 38.9 Å². The Morgan fingerprint density at radius 1 is 1.03 bits per heavy atom. The van der Waals surface area contributed by atoms with Crippen LogP contribution in [0.2, 0.25) is 5.02 Å². The van der Waals surface area contributed by atoms with Crippen molar-refractivity contribution in [1.82, 2.24) is 15.6 Å². The summed E-state index contributed by atoms with van der Waals surface area (Å²) >= 11 is 8.56. The van der Waals surface area contributed by atoms with E-state index in [4.69, 9.17) is 11.6 Å². The van der Waals surface area contributed by atoms with Crippen LogP contribution in [0.25, 0.3) is 21.2 Å². The monoisotopic (exact) mass is 489 g/mol. The molecule has 2 aromatic heterocycles. The number of hydrogen-bond donors (Lipinski definition) is 2. The Morgan fingerprint density at radius 3 is 2.53 bits per heavy atom. The average molecular weight is 490 g/mol. The Morgan fingerprint density at radius 2 is 1.79 bits per heavy atom. The molecule has 2 heterocycles. The largest absolute Gasteiger partial charge is 0.344 e. The van der Waals surface area contributed by atoms with Crippen LogP contribution in [0.15, 0.2) is 73.1 Å². The van der Waals surface area contributed by atoms with E-state index < -0.39 is 0 Å². The molecule has 34 heavy (non-hydrogen) atoms. The van der Waals surface area contributed by atoms with Crippen LogP contribution in [0.1, 0.15) is 47.0 Å². The summed E-state index contributed by atoms with van der Waals surface area (Å²) in [5, 5.41) is 8.59. The number of halogens is 1. The van der Waals surface area contributed by atoms with E-state index in [1.807, 2.05) is 55.6 Å². The third-order valence-corrected chi connectivity index (χ3v) is 8.48. The molecular weight excluding hydrogens is 462 g/mol. The van der Waals surface area contributed by atoms with Gasteiger partial charge in [-0.1, -0.05) is 48.0 Å². The third kappa shape index (κ3) is 4.74. The van der Waals surface area contributed by atoms with Gasteiger partial charge in [0.1, 0.15) is 0 Å². The van der Waals surface area contributed by atoms with Gasteiger partial charge in [0.25, 0.3) is 5.91 Å². The van der Waals surface area contributed by atoms with E-state index in [1.165, 1.54) is 11.3 Å². The highest BCUT2D eigenvalue weighted by atomic mass is 35.5. The Labute approximate surface area is 209 Å². The Hall–Kier alpha value is -2.73. The topological polar surface area (TPSA) is 54.0 Å². The first kappa shape index (κ1) is 23.0. The van der Waals surface area contributed by atoms with E-state index in [9.17, 15) is 4.79 Å². The van der Waals surface area contributed by atoms with Gasteiger partial charge >= 0.3 is 0 Å². The molecule has 1 amide bonds. The van der Waals surface area contributed by atoms with Gasteiger partial charge in [-0.2, -0.15) is 0 Å². The van der Waals surface area contributed by atoms with E-state index in [-0.39, 0.29) is 11.9 Å². The maximum atomic E-state index is 13.5. The van der Waals surface area contributed by atoms with Crippen molar-refractivity contribution in [2.75, 3.05) is 7.05 Å². The highest BCUT2D eigenvalue weighted by Gasteiger charge is 2.31. The fraction of sp³-hybridized carbons (Fsp3) is 0.286.